The molecule has 2 bridgehead atoms. The molecule has 3 saturated carbocycles. The van der Waals surface area contributed by atoms with E-state index in [0.717, 1.165) is 23.9 Å². The van der Waals surface area contributed by atoms with Crippen molar-refractivity contribution >= 4 is 33.4 Å². The Labute approximate surface area is 186 Å². The monoisotopic (exact) mass is 442 g/mol. The molecule has 4 aliphatic rings. The third-order valence-corrected chi connectivity index (χ3v) is 8.34. The highest BCUT2D eigenvalue weighted by Crippen LogP contribution is 2.58. The molecule has 31 heavy (non-hydrogen) atoms. The van der Waals surface area contributed by atoms with Gasteiger partial charge in [-0.05, 0) is 77.4 Å². The minimum Gasteiger partial charge on any atom is -0.472 e. The molecule has 4 atom stereocenters. The van der Waals surface area contributed by atoms with Crippen LogP contribution in [0.4, 0.5) is 4.39 Å². The van der Waals surface area contributed by atoms with E-state index in [1.165, 1.54) is 31.4 Å². The summed E-state index contributed by atoms with van der Waals surface area (Å²) in [5.41, 5.74) is 2.42. The summed E-state index contributed by atoms with van der Waals surface area (Å²) in [7, 11) is 2.14. The lowest BCUT2D eigenvalue weighted by Crippen LogP contribution is -2.38. The summed E-state index contributed by atoms with van der Waals surface area (Å²) < 4.78 is 24.0. The van der Waals surface area contributed by atoms with Crippen LogP contribution in [0.3, 0.4) is 0 Å². The number of hydrogen-bond acceptors (Lipinski definition) is 4. The highest BCUT2D eigenvalue weighted by Gasteiger charge is 2.48. The molecule has 7 heteroatoms. The molecule has 0 spiro atoms. The van der Waals surface area contributed by atoms with Gasteiger partial charge in [0.15, 0.2) is 11.0 Å². The number of hydrogen-bond donors (Lipinski definition) is 0. The van der Waals surface area contributed by atoms with Gasteiger partial charge >= 0.3 is 0 Å². The van der Waals surface area contributed by atoms with E-state index in [-0.39, 0.29) is 16.8 Å². The normalized spacial score (nSPS) is 29.1. The van der Waals surface area contributed by atoms with Gasteiger partial charge in [0.05, 0.1) is 10.9 Å². The summed E-state index contributed by atoms with van der Waals surface area (Å²) in [5, 5.41) is 1.52. The number of likely N-dealkylation sites (N-methyl/N-ethyl adjacent to an activating group) is 1. The molecular weight excluding hydrogens is 415 g/mol. The molecule has 0 aromatic carbocycles. The van der Waals surface area contributed by atoms with Gasteiger partial charge in [0.25, 0.3) is 0 Å². The SMILES string of the molecule is Cc1cc2c(O[C@@H](C)[C@@H]3CCCN3C)nc3c(F)c(Cl)ncc3c2n1C1C2CCC1C2. The largest absolute Gasteiger partial charge is 0.472 e. The number of halogens is 2. The highest BCUT2D eigenvalue weighted by molar-refractivity contribution is 6.30. The Morgan fingerprint density at radius 3 is 2.68 bits per heavy atom. The molecule has 5 nitrogen and oxygen atoms in total. The topological polar surface area (TPSA) is 43.2 Å². The van der Waals surface area contributed by atoms with Crippen LogP contribution in [0.5, 0.6) is 5.88 Å². The van der Waals surface area contributed by atoms with Gasteiger partial charge in [-0.15, -0.1) is 0 Å². The lowest BCUT2D eigenvalue weighted by Gasteiger charge is -2.38. The maximum absolute atomic E-state index is 15.1. The Hall–Kier alpha value is -1.92. The molecule has 3 aromatic rings. The molecular formula is C24H28ClFN4O. The van der Waals surface area contributed by atoms with Gasteiger partial charge in [-0.1, -0.05) is 11.6 Å². The fourth-order valence-corrected chi connectivity index (χ4v) is 6.67. The van der Waals surface area contributed by atoms with Crippen molar-refractivity contribution < 1.29 is 9.13 Å². The summed E-state index contributed by atoms with van der Waals surface area (Å²) in [6.07, 6.45) is 7.78. The molecule has 0 N–H and O–H groups in total. The van der Waals surface area contributed by atoms with Crippen molar-refractivity contribution in [1.82, 2.24) is 19.4 Å². The van der Waals surface area contributed by atoms with E-state index in [4.69, 9.17) is 16.3 Å². The summed E-state index contributed by atoms with van der Waals surface area (Å²) >= 11 is 6.04. The second-order valence-electron chi connectivity index (χ2n) is 9.80. The standard InChI is InChI=1S/C24H28ClFN4O/c1-12-9-16-22(30(12)21-14-6-7-15(21)10-14)17-11-27-23(25)19(26)20(17)28-24(16)31-13(2)18-5-4-8-29(18)3/h9,11,13-15,18,21H,4-8,10H2,1-3H3/t13-,14?,15?,18-,21?/m0/s1. The van der Waals surface area contributed by atoms with Crippen LogP contribution in [0.25, 0.3) is 21.8 Å². The van der Waals surface area contributed by atoms with E-state index < -0.39 is 5.82 Å². The maximum atomic E-state index is 15.1. The van der Waals surface area contributed by atoms with E-state index in [2.05, 4.69) is 46.4 Å². The average molecular weight is 443 g/mol. The third-order valence-electron chi connectivity index (χ3n) is 8.07. The fraction of sp³-hybridized carbons (Fsp3) is 0.583. The summed E-state index contributed by atoms with van der Waals surface area (Å²) in [4.78, 5) is 11.1. The Kier molecular flexibility index (Phi) is 4.48. The first-order valence-corrected chi connectivity index (χ1v) is 11.8. The molecule has 1 aliphatic heterocycles. The third kappa shape index (κ3) is 2.83. The van der Waals surface area contributed by atoms with Crippen molar-refractivity contribution in [1.29, 1.82) is 0 Å². The fourth-order valence-electron chi connectivity index (χ4n) is 6.53. The Morgan fingerprint density at radius 1 is 1.23 bits per heavy atom. The first-order valence-electron chi connectivity index (χ1n) is 11.5. The number of likely N-dealkylation sites (tertiary alicyclic amines) is 1. The second-order valence-corrected chi connectivity index (χ2v) is 10.2. The zero-order valence-corrected chi connectivity index (χ0v) is 19.0. The zero-order valence-electron chi connectivity index (χ0n) is 18.2. The Bertz CT molecular complexity index is 1180. The maximum Gasteiger partial charge on any atom is 0.223 e. The van der Waals surface area contributed by atoms with E-state index in [1.54, 1.807) is 6.20 Å². The first kappa shape index (κ1) is 19.7. The van der Waals surface area contributed by atoms with Gasteiger partial charge in [0.2, 0.25) is 5.88 Å². The van der Waals surface area contributed by atoms with E-state index in [9.17, 15) is 0 Å². The van der Waals surface area contributed by atoms with Gasteiger partial charge in [0, 0.05) is 29.4 Å². The number of ether oxygens (including phenoxy) is 1. The molecule has 4 fully saturated rings. The van der Waals surface area contributed by atoms with Crippen molar-refractivity contribution in [3.05, 3.63) is 28.9 Å². The average Bonchev–Trinajstić information content (AvgIpc) is 3.50. The van der Waals surface area contributed by atoms with Crippen LogP contribution in [-0.2, 0) is 0 Å². The van der Waals surface area contributed by atoms with Gasteiger partial charge in [0.1, 0.15) is 11.6 Å². The van der Waals surface area contributed by atoms with Gasteiger partial charge < -0.3 is 9.30 Å². The van der Waals surface area contributed by atoms with Crippen molar-refractivity contribution in [2.24, 2.45) is 11.8 Å². The number of aromatic nitrogens is 3. The summed E-state index contributed by atoms with van der Waals surface area (Å²) in [6, 6.07) is 2.98. The van der Waals surface area contributed by atoms with E-state index >= 15 is 4.39 Å². The molecule has 2 unspecified atom stereocenters. The minimum atomic E-state index is -0.571. The number of nitrogens with zero attached hydrogens (tertiary/aromatic N) is 4. The molecule has 0 amide bonds. The molecule has 3 aromatic heterocycles. The predicted molar refractivity (Wildman–Crippen MR) is 120 cm³/mol. The van der Waals surface area contributed by atoms with Crippen molar-refractivity contribution in [2.45, 2.75) is 64.1 Å². The molecule has 164 valence electrons. The lowest BCUT2D eigenvalue weighted by molar-refractivity contribution is 0.119. The van der Waals surface area contributed by atoms with Crippen LogP contribution in [0, 0.1) is 24.6 Å². The molecule has 7 rings (SSSR count). The quantitative estimate of drug-likeness (QED) is 0.499. The van der Waals surface area contributed by atoms with Crippen LogP contribution in [0.1, 0.15) is 50.8 Å². The number of aryl methyl sites for hydroxylation is 1. The number of fused-ring (bicyclic) bond motifs is 4. The lowest BCUT2D eigenvalue weighted by atomic mass is 9.78. The van der Waals surface area contributed by atoms with Gasteiger partial charge in [-0.25, -0.2) is 14.4 Å². The van der Waals surface area contributed by atoms with Crippen molar-refractivity contribution in [3.8, 4) is 5.88 Å². The van der Waals surface area contributed by atoms with Crippen molar-refractivity contribution in [2.75, 3.05) is 13.6 Å². The van der Waals surface area contributed by atoms with Gasteiger partial charge in [-0.2, -0.15) is 0 Å². The van der Waals surface area contributed by atoms with Crippen LogP contribution >= 0.6 is 11.6 Å². The summed E-state index contributed by atoms with van der Waals surface area (Å²) in [5.74, 6) is 1.36. The van der Waals surface area contributed by atoms with E-state index in [1.807, 2.05) is 0 Å². The molecule has 1 saturated heterocycles. The summed E-state index contributed by atoms with van der Waals surface area (Å²) in [6.45, 7) is 5.31. The van der Waals surface area contributed by atoms with Crippen molar-refractivity contribution in [3.63, 3.8) is 0 Å². The van der Waals surface area contributed by atoms with Gasteiger partial charge in [-0.3, -0.25) is 4.90 Å². The van der Waals surface area contributed by atoms with Crippen LogP contribution in [0.15, 0.2) is 12.3 Å². The number of pyridine rings is 2. The minimum absolute atomic E-state index is 0.0374. The molecule has 4 heterocycles. The van der Waals surface area contributed by atoms with Crippen LogP contribution in [0.2, 0.25) is 5.15 Å². The zero-order chi connectivity index (χ0) is 21.4. The second kappa shape index (κ2) is 7.04. The first-order chi connectivity index (χ1) is 14.9. The predicted octanol–water partition coefficient (Wildman–Crippen LogP) is 5.52. The Balaban J connectivity index is 1.55. The number of rotatable bonds is 4. The highest BCUT2D eigenvalue weighted by atomic mass is 35.5. The van der Waals surface area contributed by atoms with Crippen LogP contribution < -0.4 is 4.74 Å². The molecule has 3 aliphatic carbocycles. The smallest absolute Gasteiger partial charge is 0.223 e. The Morgan fingerprint density at radius 2 is 2.00 bits per heavy atom. The van der Waals surface area contributed by atoms with Crippen LogP contribution in [-0.4, -0.2) is 45.2 Å². The molecule has 0 radical (unpaired) electrons. The van der Waals surface area contributed by atoms with E-state index in [0.29, 0.717) is 35.2 Å².